The minimum absolute atomic E-state index is 0.715. The zero-order valence-corrected chi connectivity index (χ0v) is 18.4. The van der Waals surface area contributed by atoms with Gasteiger partial charge in [0, 0.05) is 40.8 Å². The van der Waals surface area contributed by atoms with Crippen LogP contribution in [0.3, 0.4) is 0 Å². The van der Waals surface area contributed by atoms with Crippen LogP contribution in [0.5, 0.6) is 0 Å². The molecule has 7 heteroatoms. The third kappa shape index (κ3) is 4.16. The molecule has 0 saturated heterocycles. The third-order valence-corrected chi connectivity index (χ3v) is 6.03. The van der Waals surface area contributed by atoms with Crippen molar-refractivity contribution in [2.75, 3.05) is 13.1 Å². The van der Waals surface area contributed by atoms with Gasteiger partial charge in [-0.15, -0.1) is 0 Å². The number of H-pyrrole nitrogens is 1. The highest BCUT2D eigenvalue weighted by Crippen LogP contribution is 2.28. The number of rotatable bonds is 3. The van der Waals surface area contributed by atoms with E-state index in [2.05, 4.69) is 69.5 Å². The molecule has 29 heavy (non-hydrogen) atoms. The molecule has 0 radical (unpaired) electrons. The summed E-state index contributed by atoms with van der Waals surface area (Å²) in [5.41, 5.74) is 7.45. The minimum Gasteiger partial charge on any atom is -0.354 e. The fraction of sp³-hybridized carbons (Fsp3) is 0.364. The Bertz CT molecular complexity index is 1060. The second kappa shape index (κ2) is 8.55. The van der Waals surface area contributed by atoms with Crippen molar-refractivity contribution in [3.63, 3.8) is 0 Å². The summed E-state index contributed by atoms with van der Waals surface area (Å²) in [7, 11) is 0. The van der Waals surface area contributed by atoms with Crippen LogP contribution in [-0.2, 0) is 24.4 Å². The molecule has 0 fully saturated rings. The van der Waals surface area contributed by atoms with Gasteiger partial charge in [0.2, 0.25) is 6.41 Å². The summed E-state index contributed by atoms with van der Waals surface area (Å²) in [6, 6.07) is 6.61. The Morgan fingerprint density at radius 2 is 2.14 bits per heavy atom. The molecule has 4 heterocycles. The molecule has 0 bridgehead atoms. The molecule has 1 aromatic carbocycles. The van der Waals surface area contributed by atoms with Gasteiger partial charge >= 0.3 is 0 Å². The minimum atomic E-state index is 0.715. The Morgan fingerprint density at radius 1 is 1.28 bits per heavy atom. The number of amides is 1. The molecular formula is C22H26BrN5O. The summed E-state index contributed by atoms with van der Waals surface area (Å²) >= 11 is 3.62. The molecule has 152 valence electrons. The van der Waals surface area contributed by atoms with E-state index in [1.165, 1.54) is 39.0 Å². The molecule has 6 nitrogen and oxygen atoms in total. The van der Waals surface area contributed by atoms with Gasteiger partial charge in [0.1, 0.15) is 0 Å². The van der Waals surface area contributed by atoms with E-state index in [0.29, 0.717) is 6.54 Å². The fourth-order valence-corrected chi connectivity index (χ4v) is 4.63. The van der Waals surface area contributed by atoms with Crippen molar-refractivity contribution in [3.05, 3.63) is 57.5 Å². The van der Waals surface area contributed by atoms with Crippen molar-refractivity contribution in [3.8, 4) is 0 Å². The molecule has 0 spiro atoms. The Labute approximate surface area is 179 Å². The molecule has 0 saturated carbocycles. The molecule has 0 aliphatic carbocycles. The summed E-state index contributed by atoms with van der Waals surface area (Å²) in [4.78, 5) is 15.7. The normalized spacial score (nSPS) is 15.7. The van der Waals surface area contributed by atoms with E-state index in [4.69, 9.17) is 0 Å². The van der Waals surface area contributed by atoms with Crippen molar-refractivity contribution in [1.29, 1.82) is 0 Å². The number of benzene rings is 1. The average Bonchev–Trinajstić information content (AvgIpc) is 3.42. The topological polar surface area (TPSA) is 66.0 Å². The number of aromatic nitrogens is 3. The molecule has 2 aromatic heterocycles. The van der Waals surface area contributed by atoms with Crippen LogP contribution >= 0.6 is 15.9 Å². The van der Waals surface area contributed by atoms with E-state index in [-0.39, 0.29) is 0 Å². The first-order chi connectivity index (χ1) is 14.1. The van der Waals surface area contributed by atoms with E-state index in [1.807, 2.05) is 10.9 Å². The largest absolute Gasteiger partial charge is 0.354 e. The predicted molar refractivity (Wildman–Crippen MR) is 119 cm³/mol. The van der Waals surface area contributed by atoms with Crippen LogP contribution in [0, 0.1) is 6.92 Å². The van der Waals surface area contributed by atoms with Gasteiger partial charge in [0.25, 0.3) is 0 Å². The van der Waals surface area contributed by atoms with Gasteiger partial charge in [-0.1, -0.05) is 6.08 Å². The van der Waals surface area contributed by atoms with E-state index in [1.54, 1.807) is 4.90 Å². The first-order valence-corrected chi connectivity index (χ1v) is 10.8. The molecule has 2 N–H and O–H groups in total. The smallest absolute Gasteiger partial charge is 0.210 e. The van der Waals surface area contributed by atoms with E-state index >= 15 is 0 Å². The fourth-order valence-electron chi connectivity index (χ4n) is 3.94. The molecule has 0 unspecified atom stereocenters. The predicted octanol–water partition coefficient (Wildman–Crippen LogP) is 3.99. The number of fused-ring (bicyclic) bond motifs is 2. The molecule has 2 aliphatic heterocycles. The van der Waals surface area contributed by atoms with E-state index in [0.717, 1.165) is 43.5 Å². The van der Waals surface area contributed by atoms with Crippen LogP contribution in [0.15, 0.2) is 34.9 Å². The summed E-state index contributed by atoms with van der Waals surface area (Å²) in [6.07, 6.45) is 6.18. The van der Waals surface area contributed by atoms with Crippen molar-refractivity contribution >= 4 is 38.8 Å². The first kappa shape index (κ1) is 19.9. The highest BCUT2D eigenvalue weighted by Gasteiger charge is 2.21. The van der Waals surface area contributed by atoms with Gasteiger partial charge in [-0.3, -0.25) is 9.48 Å². The van der Waals surface area contributed by atoms with E-state index in [9.17, 15) is 4.79 Å². The van der Waals surface area contributed by atoms with Crippen LogP contribution in [0.25, 0.3) is 16.5 Å². The lowest BCUT2D eigenvalue weighted by atomic mass is 10.1. The molecule has 3 aromatic rings. The van der Waals surface area contributed by atoms with Crippen molar-refractivity contribution in [2.45, 2.75) is 39.9 Å². The lowest BCUT2D eigenvalue weighted by Crippen LogP contribution is -2.21. The lowest BCUT2D eigenvalue weighted by Gasteiger charge is -2.12. The van der Waals surface area contributed by atoms with Gasteiger partial charge < -0.3 is 15.2 Å². The number of aromatic amines is 1. The quantitative estimate of drug-likeness (QED) is 0.586. The van der Waals surface area contributed by atoms with Gasteiger partial charge in [-0.2, -0.15) is 5.10 Å². The SMILES string of the molecule is CCn1ncc2c1CN(C=O)C2.Cc1cc(Br)c2[nH]c(C3=CCCNC3)cc2c1. The second-order valence-corrected chi connectivity index (χ2v) is 8.39. The summed E-state index contributed by atoms with van der Waals surface area (Å²) in [6.45, 7) is 8.54. The van der Waals surface area contributed by atoms with Crippen LogP contribution in [0.1, 0.15) is 35.9 Å². The zero-order chi connectivity index (χ0) is 20.4. The number of carbonyl (C=O) groups excluding carboxylic acids is 1. The number of nitrogens with zero attached hydrogens (tertiary/aromatic N) is 3. The number of nitrogens with one attached hydrogen (secondary N) is 2. The van der Waals surface area contributed by atoms with Gasteiger partial charge in [0.15, 0.2) is 0 Å². The highest BCUT2D eigenvalue weighted by atomic mass is 79.9. The van der Waals surface area contributed by atoms with Crippen LogP contribution in [0.2, 0.25) is 0 Å². The monoisotopic (exact) mass is 455 g/mol. The number of aryl methyl sites for hydroxylation is 2. The number of hydrogen-bond acceptors (Lipinski definition) is 3. The van der Waals surface area contributed by atoms with Crippen molar-refractivity contribution in [2.24, 2.45) is 0 Å². The maximum atomic E-state index is 10.5. The van der Waals surface area contributed by atoms with E-state index < -0.39 is 0 Å². The Balaban J connectivity index is 0.000000150. The number of hydrogen-bond donors (Lipinski definition) is 2. The molecular weight excluding hydrogens is 430 g/mol. The van der Waals surface area contributed by atoms with Crippen LogP contribution < -0.4 is 5.32 Å². The lowest BCUT2D eigenvalue weighted by molar-refractivity contribution is -0.118. The average molecular weight is 456 g/mol. The van der Waals surface area contributed by atoms with Gasteiger partial charge in [-0.05, 0) is 72.1 Å². The maximum absolute atomic E-state index is 10.5. The van der Waals surface area contributed by atoms with Gasteiger partial charge in [0.05, 0.1) is 24.0 Å². The molecule has 0 atom stereocenters. The summed E-state index contributed by atoms with van der Waals surface area (Å²) in [5, 5.41) is 8.88. The molecule has 2 aliphatic rings. The Morgan fingerprint density at radius 3 is 2.86 bits per heavy atom. The Hall–Kier alpha value is -2.38. The Kier molecular flexibility index (Phi) is 5.87. The standard InChI is InChI=1S/C14H15BrN2.C8H11N3O/c1-9-5-11-7-13(10-3-2-4-16-8-10)17-14(11)12(15)6-9;1-2-11-8-5-10(6-12)4-7(8)3-9-11/h3,5-7,16-17H,2,4,8H2,1H3;3,6H,2,4-5H2,1H3. The van der Waals surface area contributed by atoms with Gasteiger partial charge in [-0.25, -0.2) is 0 Å². The third-order valence-electron chi connectivity index (χ3n) is 5.41. The molecule has 5 rings (SSSR count). The summed E-state index contributed by atoms with van der Waals surface area (Å²) < 4.78 is 3.09. The first-order valence-electron chi connectivity index (χ1n) is 10.0. The second-order valence-electron chi connectivity index (χ2n) is 7.53. The zero-order valence-electron chi connectivity index (χ0n) is 16.8. The van der Waals surface area contributed by atoms with Crippen molar-refractivity contribution < 1.29 is 4.79 Å². The highest BCUT2D eigenvalue weighted by molar-refractivity contribution is 9.10. The summed E-state index contributed by atoms with van der Waals surface area (Å²) in [5.74, 6) is 0. The maximum Gasteiger partial charge on any atom is 0.210 e. The van der Waals surface area contributed by atoms with Crippen molar-refractivity contribution in [1.82, 2.24) is 25.0 Å². The van der Waals surface area contributed by atoms with Crippen LogP contribution in [0.4, 0.5) is 0 Å². The number of carbonyl (C=O) groups is 1. The number of halogens is 1. The molecule has 1 amide bonds. The van der Waals surface area contributed by atoms with Crippen LogP contribution in [-0.4, -0.2) is 39.2 Å².